The van der Waals surface area contributed by atoms with Gasteiger partial charge in [-0.3, -0.25) is 9.78 Å². The highest BCUT2D eigenvalue weighted by Gasteiger charge is 2.10. The molecule has 92 valence electrons. The molecule has 6 heteroatoms. The summed E-state index contributed by atoms with van der Waals surface area (Å²) in [6.07, 6.45) is 3.04. The normalized spacial score (nSPS) is 10.2. The Morgan fingerprint density at radius 3 is 2.67 bits per heavy atom. The molecule has 1 aromatic carbocycles. The lowest BCUT2D eigenvalue weighted by Gasteiger charge is -2.07. The zero-order chi connectivity index (χ0) is 13.1. The summed E-state index contributed by atoms with van der Waals surface area (Å²) in [5, 5.41) is 3.66. The second-order valence-electron chi connectivity index (χ2n) is 3.44. The Balaban J connectivity index is 2.22. The highest BCUT2D eigenvalue weighted by Crippen LogP contribution is 2.24. The average Bonchev–Trinajstić information content (AvgIpc) is 2.35. The first-order valence-electron chi connectivity index (χ1n) is 4.94. The van der Waals surface area contributed by atoms with Crippen LogP contribution in [0.1, 0.15) is 10.4 Å². The number of hydrogen-bond acceptors (Lipinski definition) is 2. The van der Waals surface area contributed by atoms with Gasteiger partial charge in [0.05, 0.1) is 21.9 Å². The van der Waals surface area contributed by atoms with Crippen LogP contribution in [0, 0.1) is 0 Å². The lowest BCUT2D eigenvalue weighted by molar-refractivity contribution is 0.102. The summed E-state index contributed by atoms with van der Waals surface area (Å²) in [5.41, 5.74) is 0.946. The maximum Gasteiger partial charge on any atom is 0.255 e. The quantitative estimate of drug-likeness (QED) is 0.876. The molecule has 2 aromatic rings. The van der Waals surface area contributed by atoms with Gasteiger partial charge in [0.2, 0.25) is 0 Å². The topological polar surface area (TPSA) is 42.0 Å². The molecule has 3 nitrogen and oxygen atoms in total. The number of nitrogens with zero attached hydrogens (tertiary/aromatic N) is 1. The van der Waals surface area contributed by atoms with Crippen molar-refractivity contribution in [2.75, 3.05) is 5.32 Å². The van der Waals surface area contributed by atoms with Crippen molar-refractivity contribution in [3.05, 3.63) is 56.7 Å². The minimum atomic E-state index is -0.276. The number of benzene rings is 1. The van der Waals surface area contributed by atoms with Crippen LogP contribution >= 0.6 is 39.1 Å². The van der Waals surface area contributed by atoms with Gasteiger partial charge in [0.25, 0.3) is 5.91 Å². The maximum atomic E-state index is 12.0. The molecule has 2 rings (SSSR count). The van der Waals surface area contributed by atoms with E-state index in [-0.39, 0.29) is 5.91 Å². The van der Waals surface area contributed by atoms with Crippen molar-refractivity contribution in [2.24, 2.45) is 0 Å². The summed E-state index contributed by atoms with van der Waals surface area (Å²) >= 11 is 15.1. The van der Waals surface area contributed by atoms with Gasteiger partial charge >= 0.3 is 0 Å². The van der Waals surface area contributed by atoms with Crippen LogP contribution in [0.3, 0.4) is 0 Å². The zero-order valence-corrected chi connectivity index (χ0v) is 12.1. The van der Waals surface area contributed by atoms with E-state index in [2.05, 4.69) is 26.2 Å². The molecule has 1 amide bonds. The van der Waals surface area contributed by atoms with Gasteiger partial charge in [-0.05, 0) is 40.2 Å². The molecule has 18 heavy (non-hydrogen) atoms. The van der Waals surface area contributed by atoms with Gasteiger partial charge in [-0.15, -0.1) is 0 Å². The number of nitrogens with one attached hydrogen (secondary N) is 1. The number of rotatable bonds is 2. The van der Waals surface area contributed by atoms with Crippen LogP contribution in [-0.4, -0.2) is 10.9 Å². The van der Waals surface area contributed by atoms with E-state index in [4.69, 9.17) is 23.2 Å². The van der Waals surface area contributed by atoms with E-state index < -0.39 is 0 Å². The molecule has 0 fully saturated rings. The summed E-state index contributed by atoms with van der Waals surface area (Å²) in [6.45, 7) is 0. The van der Waals surface area contributed by atoms with Crippen LogP contribution in [0.4, 0.5) is 5.69 Å². The third kappa shape index (κ3) is 3.02. The molecule has 0 bridgehead atoms. The van der Waals surface area contributed by atoms with E-state index >= 15 is 0 Å². The Kier molecular flexibility index (Phi) is 4.22. The van der Waals surface area contributed by atoms with E-state index in [0.717, 1.165) is 0 Å². The Labute approximate surface area is 122 Å². The number of carbonyl (C=O) groups excluding carboxylic acids is 1. The van der Waals surface area contributed by atoms with Gasteiger partial charge in [0, 0.05) is 16.2 Å². The van der Waals surface area contributed by atoms with Crippen LogP contribution in [0.5, 0.6) is 0 Å². The molecule has 0 atom stereocenters. The van der Waals surface area contributed by atoms with Crippen molar-refractivity contribution in [1.82, 2.24) is 4.98 Å². The van der Waals surface area contributed by atoms with Gasteiger partial charge in [0.1, 0.15) is 0 Å². The third-order valence-corrected chi connectivity index (χ3v) is 3.74. The van der Waals surface area contributed by atoms with Gasteiger partial charge in [-0.2, -0.15) is 0 Å². The van der Waals surface area contributed by atoms with Crippen molar-refractivity contribution in [2.45, 2.75) is 0 Å². The third-order valence-electron chi connectivity index (χ3n) is 2.20. The lowest BCUT2D eigenvalue weighted by Crippen LogP contribution is -2.12. The van der Waals surface area contributed by atoms with Crippen molar-refractivity contribution in [3.63, 3.8) is 0 Å². The van der Waals surface area contributed by atoms with Gasteiger partial charge < -0.3 is 5.32 Å². The Bertz CT molecular complexity index is 604. The molecule has 1 aromatic heterocycles. The van der Waals surface area contributed by atoms with Crippen LogP contribution in [-0.2, 0) is 0 Å². The van der Waals surface area contributed by atoms with Gasteiger partial charge in [-0.1, -0.05) is 23.2 Å². The van der Waals surface area contributed by atoms with E-state index in [1.54, 1.807) is 30.5 Å². The number of hydrogen-bond donors (Lipinski definition) is 1. The van der Waals surface area contributed by atoms with Crippen LogP contribution in [0.2, 0.25) is 10.0 Å². The minimum absolute atomic E-state index is 0.276. The predicted octanol–water partition coefficient (Wildman–Crippen LogP) is 4.40. The largest absolute Gasteiger partial charge is 0.319 e. The molecular formula is C12H7BrCl2N2O. The monoisotopic (exact) mass is 344 g/mol. The number of pyridine rings is 1. The second kappa shape index (κ2) is 5.69. The molecule has 0 saturated heterocycles. The summed E-state index contributed by atoms with van der Waals surface area (Å²) in [4.78, 5) is 15.9. The summed E-state index contributed by atoms with van der Waals surface area (Å²) < 4.78 is 0.661. The molecule has 0 aliphatic rings. The van der Waals surface area contributed by atoms with Crippen LogP contribution in [0.25, 0.3) is 0 Å². The Morgan fingerprint density at radius 2 is 2.00 bits per heavy atom. The zero-order valence-electron chi connectivity index (χ0n) is 8.95. The van der Waals surface area contributed by atoms with Crippen LogP contribution in [0.15, 0.2) is 41.1 Å². The fraction of sp³-hybridized carbons (Fsp3) is 0. The van der Waals surface area contributed by atoms with Crippen molar-refractivity contribution >= 4 is 50.7 Å². The molecule has 1 N–H and O–H groups in total. The Hall–Kier alpha value is -1.10. The van der Waals surface area contributed by atoms with Crippen LogP contribution < -0.4 is 5.32 Å². The Morgan fingerprint density at radius 1 is 1.22 bits per heavy atom. The highest BCUT2D eigenvalue weighted by atomic mass is 79.9. The first-order chi connectivity index (χ1) is 8.58. The predicted molar refractivity (Wildman–Crippen MR) is 76.4 cm³/mol. The summed E-state index contributed by atoms with van der Waals surface area (Å²) in [5.74, 6) is -0.276. The molecule has 0 aliphatic carbocycles. The van der Waals surface area contributed by atoms with E-state index in [9.17, 15) is 4.79 Å². The SMILES string of the molecule is O=C(Nc1cnccc1Cl)c1ccc(Cl)c(Br)c1. The highest BCUT2D eigenvalue weighted by molar-refractivity contribution is 9.10. The first kappa shape index (κ1) is 13.3. The van der Waals surface area contributed by atoms with Gasteiger partial charge in [-0.25, -0.2) is 0 Å². The fourth-order valence-electron chi connectivity index (χ4n) is 1.30. The molecule has 1 heterocycles. The molecule has 0 spiro atoms. The van der Waals surface area contributed by atoms with E-state index in [0.29, 0.717) is 25.8 Å². The number of amides is 1. The molecule has 0 aliphatic heterocycles. The lowest BCUT2D eigenvalue weighted by atomic mass is 10.2. The van der Waals surface area contributed by atoms with E-state index in [1.165, 1.54) is 6.20 Å². The number of carbonyl (C=O) groups is 1. The standard InChI is InChI=1S/C12H7BrCl2N2O/c13-8-5-7(1-2-9(8)14)12(18)17-11-6-16-4-3-10(11)15/h1-6H,(H,17,18). The second-order valence-corrected chi connectivity index (χ2v) is 5.11. The number of halogens is 3. The number of aromatic nitrogens is 1. The summed E-state index contributed by atoms with van der Waals surface area (Å²) in [6, 6.07) is 6.52. The number of anilines is 1. The molecule has 0 unspecified atom stereocenters. The summed E-state index contributed by atoms with van der Waals surface area (Å²) in [7, 11) is 0. The molecule has 0 saturated carbocycles. The fourth-order valence-corrected chi connectivity index (χ4v) is 1.95. The van der Waals surface area contributed by atoms with Crippen molar-refractivity contribution in [3.8, 4) is 0 Å². The molecular weight excluding hydrogens is 339 g/mol. The van der Waals surface area contributed by atoms with Gasteiger partial charge in [0.15, 0.2) is 0 Å². The van der Waals surface area contributed by atoms with Crippen molar-refractivity contribution < 1.29 is 4.79 Å². The maximum absolute atomic E-state index is 12.0. The molecule has 0 radical (unpaired) electrons. The minimum Gasteiger partial charge on any atom is -0.319 e. The van der Waals surface area contributed by atoms with E-state index in [1.807, 2.05) is 0 Å². The van der Waals surface area contributed by atoms with Crippen molar-refractivity contribution in [1.29, 1.82) is 0 Å². The average molecular weight is 346 g/mol. The smallest absolute Gasteiger partial charge is 0.255 e. The first-order valence-corrected chi connectivity index (χ1v) is 6.49.